The van der Waals surface area contributed by atoms with Crippen LogP contribution in [0.4, 0.5) is 4.79 Å². The Morgan fingerprint density at radius 1 is 1.22 bits per heavy atom. The Morgan fingerprint density at radius 3 is 2.26 bits per heavy atom. The van der Waals surface area contributed by atoms with Gasteiger partial charge < -0.3 is 21.1 Å². The number of rotatable bonds is 7. The van der Waals surface area contributed by atoms with Gasteiger partial charge in [0.1, 0.15) is 0 Å². The second-order valence-electron chi connectivity index (χ2n) is 8.86. The van der Waals surface area contributed by atoms with Gasteiger partial charge in [-0.25, -0.2) is 4.79 Å². The molecular weight excluding hydrogens is 290 g/mol. The molecule has 0 aromatic rings. The number of urea groups is 1. The second-order valence-corrected chi connectivity index (χ2v) is 8.86. The summed E-state index contributed by atoms with van der Waals surface area (Å²) in [6, 6.07) is 0.0952. The van der Waals surface area contributed by atoms with E-state index in [1.165, 1.54) is 0 Å². The zero-order chi connectivity index (χ0) is 17.7. The minimum absolute atomic E-state index is 0.0246. The Morgan fingerprint density at radius 2 is 1.78 bits per heavy atom. The zero-order valence-electron chi connectivity index (χ0n) is 15.8. The third-order valence-electron chi connectivity index (χ3n) is 4.42. The van der Waals surface area contributed by atoms with Gasteiger partial charge >= 0.3 is 6.03 Å². The first kappa shape index (κ1) is 20.2. The number of nitrogens with one attached hydrogen (secondary N) is 3. The standard InChI is InChI=1S/C18H37N3O2/c1-13(2)9-14(7-8-22)12-19-16(23)20-15-10-17(3,4)21-18(5,6)11-15/h13-15,21-22H,7-12H2,1-6H3,(H2,19,20,23). The fourth-order valence-electron chi connectivity index (χ4n) is 4.05. The van der Waals surface area contributed by atoms with E-state index in [-0.39, 0.29) is 29.8 Å². The van der Waals surface area contributed by atoms with Gasteiger partial charge in [-0.2, -0.15) is 0 Å². The molecule has 5 nitrogen and oxygen atoms in total. The fourth-order valence-corrected chi connectivity index (χ4v) is 4.05. The van der Waals surface area contributed by atoms with Gasteiger partial charge in [0.05, 0.1) is 0 Å². The highest BCUT2D eigenvalue weighted by molar-refractivity contribution is 5.74. The molecule has 0 aromatic carbocycles. The molecule has 1 aliphatic rings. The first-order valence-electron chi connectivity index (χ1n) is 8.97. The third-order valence-corrected chi connectivity index (χ3v) is 4.42. The normalized spacial score (nSPS) is 21.9. The maximum atomic E-state index is 12.2. The SMILES string of the molecule is CC(C)CC(CCO)CNC(=O)NC1CC(C)(C)NC(C)(C)C1. The lowest BCUT2D eigenvalue weighted by molar-refractivity contribution is 0.147. The summed E-state index contributed by atoms with van der Waals surface area (Å²) in [6.07, 6.45) is 3.62. The van der Waals surface area contributed by atoms with Gasteiger partial charge in [0.15, 0.2) is 0 Å². The van der Waals surface area contributed by atoms with Gasteiger partial charge in [-0.3, -0.25) is 0 Å². The highest BCUT2D eigenvalue weighted by Gasteiger charge is 2.38. The summed E-state index contributed by atoms with van der Waals surface area (Å²) < 4.78 is 0. The maximum Gasteiger partial charge on any atom is 0.315 e. The van der Waals surface area contributed by atoms with Crippen molar-refractivity contribution in [1.29, 1.82) is 0 Å². The van der Waals surface area contributed by atoms with Crippen molar-refractivity contribution in [2.24, 2.45) is 11.8 Å². The highest BCUT2D eigenvalue weighted by atomic mass is 16.3. The van der Waals surface area contributed by atoms with Crippen LogP contribution in [0.15, 0.2) is 0 Å². The van der Waals surface area contributed by atoms with Gasteiger partial charge in [0.25, 0.3) is 0 Å². The number of hydrogen-bond acceptors (Lipinski definition) is 3. The average molecular weight is 328 g/mol. The lowest BCUT2D eigenvalue weighted by Gasteiger charge is -2.46. The van der Waals surface area contributed by atoms with E-state index in [2.05, 4.69) is 57.5 Å². The molecule has 2 amide bonds. The van der Waals surface area contributed by atoms with Crippen molar-refractivity contribution in [3.8, 4) is 0 Å². The molecule has 1 atom stereocenters. The zero-order valence-corrected chi connectivity index (χ0v) is 15.8. The molecule has 1 unspecified atom stereocenters. The Labute approximate surface area is 142 Å². The van der Waals surface area contributed by atoms with Crippen molar-refractivity contribution < 1.29 is 9.90 Å². The van der Waals surface area contributed by atoms with E-state index in [9.17, 15) is 4.79 Å². The van der Waals surface area contributed by atoms with Crippen LogP contribution in [0.2, 0.25) is 0 Å². The largest absolute Gasteiger partial charge is 0.396 e. The minimum atomic E-state index is -0.0878. The van der Waals surface area contributed by atoms with Crippen molar-refractivity contribution in [3.63, 3.8) is 0 Å². The topological polar surface area (TPSA) is 73.4 Å². The number of piperidine rings is 1. The lowest BCUT2D eigenvalue weighted by Crippen LogP contribution is -2.62. The summed E-state index contributed by atoms with van der Waals surface area (Å²) >= 11 is 0. The quantitative estimate of drug-likeness (QED) is 0.581. The monoisotopic (exact) mass is 327 g/mol. The van der Waals surface area contributed by atoms with Crippen molar-refractivity contribution in [1.82, 2.24) is 16.0 Å². The van der Waals surface area contributed by atoms with Crippen molar-refractivity contribution >= 4 is 6.03 Å². The van der Waals surface area contributed by atoms with Gasteiger partial charge in [-0.15, -0.1) is 0 Å². The van der Waals surface area contributed by atoms with E-state index >= 15 is 0 Å². The summed E-state index contributed by atoms with van der Waals surface area (Å²) in [6.45, 7) is 13.9. The molecule has 1 saturated heterocycles. The maximum absolute atomic E-state index is 12.2. The summed E-state index contributed by atoms with van der Waals surface area (Å²) in [7, 11) is 0. The Balaban J connectivity index is 2.46. The van der Waals surface area contributed by atoms with Crippen LogP contribution in [-0.4, -0.2) is 41.4 Å². The van der Waals surface area contributed by atoms with Crippen LogP contribution in [0.3, 0.4) is 0 Å². The van der Waals surface area contributed by atoms with E-state index < -0.39 is 0 Å². The number of carbonyl (C=O) groups excluding carboxylic acids is 1. The molecule has 0 spiro atoms. The van der Waals surface area contributed by atoms with Crippen LogP contribution in [-0.2, 0) is 0 Å². The van der Waals surface area contributed by atoms with Crippen LogP contribution in [0, 0.1) is 11.8 Å². The highest BCUT2D eigenvalue weighted by Crippen LogP contribution is 2.28. The molecule has 0 bridgehead atoms. The second kappa shape index (κ2) is 8.34. The molecule has 0 aliphatic carbocycles. The van der Waals surface area contributed by atoms with E-state index in [0.29, 0.717) is 18.4 Å². The fraction of sp³-hybridized carbons (Fsp3) is 0.944. The molecule has 4 N–H and O–H groups in total. The number of aliphatic hydroxyl groups is 1. The molecule has 5 heteroatoms. The molecule has 0 saturated carbocycles. The summed E-state index contributed by atoms with van der Waals surface area (Å²) in [5.74, 6) is 0.911. The molecular formula is C18H37N3O2. The van der Waals surface area contributed by atoms with Gasteiger partial charge in [-0.05, 0) is 65.2 Å². The van der Waals surface area contributed by atoms with Crippen LogP contribution >= 0.6 is 0 Å². The van der Waals surface area contributed by atoms with Crippen molar-refractivity contribution in [2.45, 2.75) is 84.3 Å². The summed E-state index contributed by atoms with van der Waals surface area (Å²) in [5, 5.41) is 18.9. The molecule has 1 rings (SSSR count). The predicted octanol–water partition coefficient (Wildman–Crippen LogP) is 2.64. The van der Waals surface area contributed by atoms with Crippen LogP contribution < -0.4 is 16.0 Å². The van der Waals surface area contributed by atoms with Crippen molar-refractivity contribution in [3.05, 3.63) is 0 Å². The third kappa shape index (κ3) is 8.02. The Kier molecular flexibility index (Phi) is 7.33. The van der Waals surface area contributed by atoms with Crippen molar-refractivity contribution in [2.75, 3.05) is 13.2 Å². The van der Waals surface area contributed by atoms with E-state index in [1.807, 2.05) is 0 Å². The smallest absolute Gasteiger partial charge is 0.315 e. The van der Waals surface area contributed by atoms with Crippen LogP contribution in [0.5, 0.6) is 0 Å². The molecule has 0 aromatic heterocycles. The lowest BCUT2D eigenvalue weighted by atomic mass is 9.80. The molecule has 1 fully saturated rings. The number of carbonyl (C=O) groups is 1. The predicted molar refractivity (Wildman–Crippen MR) is 95.5 cm³/mol. The van der Waals surface area contributed by atoms with E-state index in [1.54, 1.807) is 0 Å². The molecule has 1 heterocycles. The van der Waals surface area contributed by atoms with E-state index in [0.717, 1.165) is 25.7 Å². The number of hydrogen-bond donors (Lipinski definition) is 4. The minimum Gasteiger partial charge on any atom is -0.396 e. The Hall–Kier alpha value is -0.810. The number of amides is 2. The van der Waals surface area contributed by atoms with E-state index in [4.69, 9.17) is 5.11 Å². The van der Waals surface area contributed by atoms with Gasteiger partial charge in [0, 0.05) is 30.3 Å². The van der Waals surface area contributed by atoms with Crippen LogP contribution in [0.25, 0.3) is 0 Å². The van der Waals surface area contributed by atoms with Gasteiger partial charge in [-0.1, -0.05) is 13.8 Å². The van der Waals surface area contributed by atoms with Gasteiger partial charge in [0.2, 0.25) is 0 Å². The average Bonchev–Trinajstić information content (AvgIpc) is 2.31. The molecule has 1 aliphatic heterocycles. The Bertz CT molecular complexity index is 364. The molecule has 23 heavy (non-hydrogen) atoms. The van der Waals surface area contributed by atoms with Crippen LogP contribution in [0.1, 0.15) is 67.2 Å². The summed E-state index contributed by atoms with van der Waals surface area (Å²) in [4.78, 5) is 12.2. The first-order valence-corrected chi connectivity index (χ1v) is 8.97. The number of aliphatic hydroxyl groups excluding tert-OH is 1. The molecule has 0 radical (unpaired) electrons. The molecule has 136 valence electrons. The first-order chi connectivity index (χ1) is 10.5. The summed E-state index contributed by atoms with van der Waals surface area (Å²) in [5.41, 5.74) is 0.0491.